The molecule has 1 N–H and O–H groups in total. The van der Waals surface area contributed by atoms with Gasteiger partial charge in [0.25, 0.3) is 0 Å². The summed E-state index contributed by atoms with van der Waals surface area (Å²) in [5.74, 6) is -0.509. The second-order valence-electron chi connectivity index (χ2n) is 4.62. The minimum absolute atomic E-state index is 0.0483. The Morgan fingerprint density at radius 1 is 1.26 bits per heavy atom. The molecule has 0 aliphatic rings. The summed E-state index contributed by atoms with van der Waals surface area (Å²) in [6.07, 6.45) is 1.07. The molecule has 0 bridgehead atoms. The van der Waals surface area contributed by atoms with E-state index in [0.29, 0.717) is 0 Å². The van der Waals surface area contributed by atoms with Crippen molar-refractivity contribution in [3.63, 3.8) is 0 Å². The van der Waals surface area contributed by atoms with Gasteiger partial charge >= 0.3 is 5.97 Å². The number of hydrogen-bond donors (Lipinski definition) is 1. The zero-order valence-electron chi connectivity index (χ0n) is 11.7. The van der Waals surface area contributed by atoms with Crippen LogP contribution in [0, 0.1) is 5.92 Å². The fraction of sp³-hybridized carbons (Fsp3) is 0.467. The van der Waals surface area contributed by atoms with Gasteiger partial charge in [-0.25, -0.2) is 4.79 Å². The summed E-state index contributed by atoms with van der Waals surface area (Å²) in [4.78, 5) is 23.6. The molecule has 0 saturated carbocycles. The van der Waals surface area contributed by atoms with Crippen LogP contribution in [-0.4, -0.2) is 25.0 Å². The summed E-state index contributed by atoms with van der Waals surface area (Å²) in [5, 5.41) is 2.75. The molecule has 1 rings (SSSR count). The van der Waals surface area contributed by atoms with Crippen molar-refractivity contribution in [1.29, 1.82) is 0 Å². The van der Waals surface area contributed by atoms with Crippen LogP contribution in [0.3, 0.4) is 0 Å². The Kier molecular flexibility index (Phi) is 6.06. The number of methoxy groups -OCH3 is 1. The van der Waals surface area contributed by atoms with Crippen LogP contribution >= 0.6 is 0 Å². The van der Waals surface area contributed by atoms with Crippen LogP contribution in [0.4, 0.5) is 0 Å². The van der Waals surface area contributed by atoms with Crippen LogP contribution in [0.1, 0.15) is 25.8 Å². The predicted octanol–water partition coefficient (Wildman–Crippen LogP) is 1.93. The van der Waals surface area contributed by atoms with E-state index in [1.54, 1.807) is 0 Å². The van der Waals surface area contributed by atoms with E-state index in [4.69, 9.17) is 4.74 Å². The van der Waals surface area contributed by atoms with Crippen LogP contribution in [0.15, 0.2) is 30.3 Å². The van der Waals surface area contributed by atoms with Crippen molar-refractivity contribution in [2.45, 2.75) is 32.7 Å². The maximum atomic E-state index is 11.9. The van der Waals surface area contributed by atoms with Gasteiger partial charge in [0.1, 0.15) is 6.04 Å². The van der Waals surface area contributed by atoms with Gasteiger partial charge in [-0.2, -0.15) is 0 Å². The summed E-state index contributed by atoms with van der Waals surface area (Å²) in [7, 11) is 1.33. The molecule has 0 saturated heterocycles. The van der Waals surface area contributed by atoms with Gasteiger partial charge in [-0.3, -0.25) is 4.79 Å². The van der Waals surface area contributed by atoms with E-state index in [1.807, 2.05) is 44.2 Å². The van der Waals surface area contributed by atoms with Gasteiger partial charge in [0.05, 0.1) is 13.5 Å². The monoisotopic (exact) mass is 263 g/mol. The van der Waals surface area contributed by atoms with Crippen LogP contribution in [-0.2, 0) is 20.7 Å². The highest BCUT2D eigenvalue weighted by Crippen LogP contribution is 2.10. The number of benzene rings is 1. The second kappa shape index (κ2) is 7.56. The Bertz CT molecular complexity index is 417. The smallest absolute Gasteiger partial charge is 0.328 e. The van der Waals surface area contributed by atoms with Crippen molar-refractivity contribution in [3.8, 4) is 0 Å². The highest BCUT2D eigenvalue weighted by atomic mass is 16.5. The van der Waals surface area contributed by atoms with Gasteiger partial charge in [-0.05, 0) is 11.5 Å². The number of nitrogens with one attached hydrogen (secondary N) is 1. The molecule has 4 heteroatoms. The minimum Gasteiger partial charge on any atom is -0.467 e. The second-order valence-corrected chi connectivity index (χ2v) is 4.62. The first-order chi connectivity index (χ1) is 9.08. The molecule has 1 amide bonds. The number of esters is 1. The average Bonchev–Trinajstić information content (AvgIpc) is 2.44. The fourth-order valence-corrected chi connectivity index (χ4v) is 1.80. The summed E-state index contributed by atoms with van der Waals surface area (Å²) < 4.78 is 4.73. The van der Waals surface area contributed by atoms with E-state index in [-0.39, 0.29) is 18.2 Å². The summed E-state index contributed by atoms with van der Waals surface area (Å²) in [6.45, 7) is 3.90. The maximum absolute atomic E-state index is 11.9. The molecular weight excluding hydrogens is 242 g/mol. The van der Waals surface area contributed by atoms with Crippen LogP contribution in [0.2, 0.25) is 0 Å². The Labute approximate surface area is 114 Å². The lowest BCUT2D eigenvalue weighted by atomic mass is 9.99. The summed E-state index contributed by atoms with van der Waals surface area (Å²) >= 11 is 0. The Morgan fingerprint density at radius 2 is 1.89 bits per heavy atom. The molecule has 0 aliphatic heterocycles. The summed E-state index contributed by atoms with van der Waals surface area (Å²) in [6, 6.07) is 8.86. The van der Waals surface area contributed by atoms with Crippen LogP contribution in [0.5, 0.6) is 0 Å². The lowest BCUT2D eigenvalue weighted by molar-refractivity contribution is -0.146. The Hall–Kier alpha value is -1.84. The molecule has 104 valence electrons. The number of hydrogen-bond acceptors (Lipinski definition) is 3. The SMILES string of the molecule is CCC(C)C(NC(=O)Cc1ccccc1)C(=O)OC. The third-order valence-electron chi connectivity index (χ3n) is 3.19. The minimum atomic E-state index is -0.578. The number of amides is 1. The molecule has 0 spiro atoms. The Morgan fingerprint density at radius 3 is 2.42 bits per heavy atom. The third kappa shape index (κ3) is 4.73. The summed E-state index contributed by atoms with van der Waals surface area (Å²) in [5.41, 5.74) is 0.924. The first kappa shape index (κ1) is 15.2. The molecule has 2 unspecified atom stereocenters. The van der Waals surface area contributed by atoms with Gasteiger partial charge < -0.3 is 10.1 Å². The fourth-order valence-electron chi connectivity index (χ4n) is 1.80. The third-order valence-corrected chi connectivity index (χ3v) is 3.19. The van der Waals surface area contributed by atoms with E-state index in [1.165, 1.54) is 7.11 Å². The predicted molar refractivity (Wildman–Crippen MR) is 73.5 cm³/mol. The van der Waals surface area contributed by atoms with Crippen LogP contribution < -0.4 is 5.32 Å². The molecule has 19 heavy (non-hydrogen) atoms. The number of rotatable bonds is 6. The highest BCUT2D eigenvalue weighted by Gasteiger charge is 2.26. The number of carbonyl (C=O) groups is 2. The van der Waals surface area contributed by atoms with Gasteiger partial charge in [-0.15, -0.1) is 0 Å². The quantitative estimate of drug-likeness (QED) is 0.798. The molecule has 0 aromatic heterocycles. The molecule has 0 fully saturated rings. The van der Waals surface area contributed by atoms with E-state index in [2.05, 4.69) is 5.32 Å². The topological polar surface area (TPSA) is 55.4 Å². The van der Waals surface area contributed by atoms with Gasteiger partial charge in [0.2, 0.25) is 5.91 Å². The molecule has 0 heterocycles. The van der Waals surface area contributed by atoms with Crippen LogP contribution in [0.25, 0.3) is 0 Å². The van der Waals surface area contributed by atoms with Gasteiger partial charge in [0.15, 0.2) is 0 Å². The number of ether oxygens (including phenoxy) is 1. The lowest BCUT2D eigenvalue weighted by Gasteiger charge is -2.21. The molecule has 4 nitrogen and oxygen atoms in total. The average molecular weight is 263 g/mol. The molecule has 2 atom stereocenters. The molecule has 1 aromatic rings. The normalized spacial score (nSPS) is 13.4. The zero-order chi connectivity index (χ0) is 14.3. The highest BCUT2D eigenvalue weighted by molar-refractivity contribution is 5.85. The first-order valence-corrected chi connectivity index (χ1v) is 6.49. The lowest BCUT2D eigenvalue weighted by Crippen LogP contribution is -2.46. The van der Waals surface area contributed by atoms with E-state index >= 15 is 0 Å². The molecule has 1 aromatic carbocycles. The standard InChI is InChI=1S/C15H21NO3/c1-4-11(2)14(15(18)19-3)16-13(17)10-12-8-6-5-7-9-12/h5-9,11,14H,4,10H2,1-3H3,(H,16,17). The van der Waals surface area contributed by atoms with Crippen molar-refractivity contribution in [3.05, 3.63) is 35.9 Å². The van der Waals surface area contributed by atoms with Crippen molar-refractivity contribution in [2.24, 2.45) is 5.92 Å². The molecule has 0 radical (unpaired) electrons. The van der Waals surface area contributed by atoms with Gasteiger partial charge in [-0.1, -0.05) is 50.6 Å². The van der Waals surface area contributed by atoms with Gasteiger partial charge in [0, 0.05) is 0 Å². The van der Waals surface area contributed by atoms with Crippen molar-refractivity contribution < 1.29 is 14.3 Å². The van der Waals surface area contributed by atoms with Crippen molar-refractivity contribution in [2.75, 3.05) is 7.11 Å². The maximum Gasteiger partial charge on any atom is 0.328 e. The first-order valence-electron chi connectivity index (χ1n) is 6.49. The van der Waals surface area contributed by atoms with E-state index in [9.17, 15) is 9.59 Å². The molecular formula is C15H21NO3. The number of carbonyl (C=O) groups excluding carboxylic acids is 2. The zero-order valence-corrected chi connectivity index (χ0v) is 11.7. The van der Waals surface area contributed by atoms with Crippen molar-refractivity contribution >= 4 is 11.9 Å². The largest absolute Gasteiger partial charge is 0.467 e. The van der Waals surface area contributed by atoms with E-state index < -0.39 is 12.0 Å². The molecule has 0 aliphatic carbocycles. The van der Waals surface area contributed by atoms with E-state index in [0.717, 1.165) is 12.0 Å². The Balaban J connectivity index is 2.64. The van der Waals surface area contributed by atoms with Crippen molar-refractivity contribution in [1.82, 2.24) is 5.32 Å².